The van der Waals surface area contributed by atoms with E-state index in [1.54, 1.807) is 0 Å². The van der Waals surface area contributed by atoms with E-state index in [-0.39, 0.29) is 0 Å². The molecule has 2 heteroatoms. The number of nitrogens with zero attached hydrogens (tertiary/aromatic N) is 1. The molecule has 7 rings (SSSR count). The third-order valence-electron chi connectivity index (χ3n) is 7.58. The number of hydrogen-bond acceptors (Lipinski definition) is 2. The minimum atomic E-state index is 0.807. The number of para-hydroxylation sites is 2. The van der Waals surface area contributed by atoms with Gasteiger partial charge in [-0.25, -0.2) is 0 Å². The summed E-state index contributed by atoms with van der Waals surface area (Å²) in [5.74, 6) is 0. The third-order valence-corrected chi connectivity index (χ3v) is 7.58. The van der Waals surface area contributed by atoms with Gasteiger partial charge in [-0.05, 0) is 93.0 Å². The zero-order valence-electron chi connectivity index (χ0n) is 22.0. The highest BCUT2D eigenvalue weighted by atomic mass is 15.1. The van der Waals surface area contributed by atoms with Crippen LogP contribution in [0.3, 0.4) is 0 Å². The van der Waals surface area contributed by atoms with Gasteiger partial charge in [-0.2, -0.15) is 0 Å². The van der Waals surface area contributed by atoms with Crippen LogP contribution in [0.5, 0.6) is 0 Å². The molecular formula is C38H28N2. The molecular weight excluding hydrogens is 484 g/mol. The van der Waals surface area contributed by atoms with Gasteiger partial charge in [-0.3, -0.25) is 0 Å². The molecule has 2 N–H and O–H groups in total. The van der Waals surface area contributed by atoms with Gasteiger partial charge in [0.05, 0.1) is 0 Å². The predicted molar refractivity (Wildman–Crippen MR) is 171 cm³/mol. The Hall–Kier alpha value is -5.34. The molecule has 0 bridgehead atoms. The molecule has 0 fully saturated rings. The van der Waals surface area contributed by atoms with E-state index in [2.05, 4.69) is 150 Å². The van der Waals surface area contributed by atoms with Crippen LogP contribution in [0.15, 0.2) is 158 Å². The van der Waals surface area contributed by atoms with Crippen molar-refractivity contribution in [1.82, 2.24) is 0 Å². The SMILES string of the molecule is Nc1cccc2cccc(-c3ccc4ccc(-c5ccc(N(c6ccccc6)c6ccccc6)cc5)cc4c3)c12. The summed E-state index contributed by atoms with van der Waals surface area (Å²) in [5.41, 5.74) is 15.3. The van der Waals surface area contributed by atoms with Crippen LogP contribution in [-0.2, 0) is 0 Å². The minimum Gasteiger partial charge on any atom is -0.398 e. The summed E-state index contributed by atoms with van der Waals surface area (Å²) in [5, 5.41) is 4.70. The first-order valence-electron chi connectivity index (χ1n) is 13.6. The summed E-state index contributed by atoms with van der Waals surface area (Å²) in [6, 6.07) is 55.7. The Labute approximate surface area is 234 Å². The van der Waals surface area contributed by atoms with Gasteiger partial charge in [-0.1, -0.05) is 103 Å². The van der Waals surface area contributed by atoms with Gasteiger partial charge in [0, 0.05) is 28.1 Å². The quantitative estimate of drug-likeness (QED) is 0.232. The van der Waals surface area contributed by atoms with Gasteiger partial charge in [0.15, 0.2) is 0 Å². The lowest BCUT2D eigenvalue weighted by molar-refractivity contribution is 1.28. The zero-order valence-corrected chi connectivity index (χ0v) is 22.0. The number of anilines is 4. The summed E-state index contributed by atoms with van der Waals surface area (Å²) in [7, 11) is 0. The first-order valence-corrected chi connectivity index (χ1v) is 13.6. The van der Waals surface area contributed by atoms with Crippen LogP contribution in [0.25, 0.3) is 43.8 Å². The monoisotopic (exact) mass is 512 g/mol. The molecule has 0 heterocycles. The second kappa shape index (κ2) is 10.1. The molecule has 0 unspecified atom stereocenters. The first kappa shape index (κ1) is 23.8. The van der Waals surface area contributed by atoms with E-state index in [0.717, 1.165) is 39.1 Å². The second-order valence-electron chi connectivity index (χ2n) is 10.1. The van der Waals surface area contributed by atoms with Gasteiger partial charge >= 0.3 is 0 Å². The van der Waals surface area contributed by atoms with E-state index in [9.17, 15) is 0 Å². The molecule has 0 saturated heterocycles. The Kier molecular flexibility index (Phi) is 5.99. The molecule has 0 radical (unpaired) electrons. The van der Waals surface area contributed by atoms with Crippen molar-refractivity contribution in [3.05, 3.63) is 158 Å². The summed E-state index contributed by atoms with van der Waals surface area (Å²) >= 11 is 0. The van der Waals surface area contributed by atoms with Crippen LogP contribution in [0.1, 0.15) is 0 Å². The van der Waals surface area contributed by atoms with E-state index < -0.39 is 0 Å². The van der Waals surface area contributed by atoms with E-state index in [4.69, 9.17) is 5.73 Å². The van der Waals surface area contributed by atoms with Crippen molar-refractivity contribution in [2.75, 3.05) is 10.6 Å². The fraction of sp³-hybridized carbons (Fsp3) is 0. The molecule has 40 heavy (non-hydrogen) atoms. The van der Waals surface area contributed by atoms with Gasteiger partial charge in [0.25, 0.3) is 0 Å². The molecule has 0 saturated carbocycles. The molecule has 2 nitrogen and oxygen atoms in total. The van der Waals surface area contributed by atoms with Crippen molar-refractivity contribution in [2.24, 2.45) is 0 Å². The Morgan fingerprint density at radius 3 is 1.60 bits per heavy atom. The lowest BCUT2D eigenvalue weighted by Gasteiger charge is -2.25. The van der Waals surface area contributed by atoms with Crippen molar-refractivity contribution in [1.29, 1.82) is 0 Å². The fourth-order valence-electron chi connectivity index (χ4n) is 5.61. The van der Waals surface area contributed by atoms with Gasteiger partial charge in [0.2, 0.25) is 0 Å². The average Bonchev–Trinajstić information content (AvgIpc) is 3.02. The molecule has 0 aromatic heterocycles. The lowest BCUT2D eigenvalue weighted by Crippen LogP contribution is -2.09. The number of fused-ring (bicyclic) bond motifs is 2. The Bertz CT molecular complexity index is 1900. The first-order chi connectivity index (χ1) is 19.7. The predicted octanol–water partition coefficient (Wildman–Crippen LogP) is 10.4. The normalized spacial score (nSPS) is 11.1. The van der Waals surface area contributed by atoms with Gasteiger partial charge in [0.1, 0.15) is 0 Å². The third kappa shape index (κ3) is 4.36. The minimum absolute atomic E-state index is 0.807. The Morgan fingerprint density at radius 2 is 0.925 bits per heavy atom. The molecule has 0 amide bonds. The molecule has 0 aliphatic heterocycles. The molecule has 7 aromatic rings. The number of nitrogens with two attached hydrogens (primary N) is 1. The molecule has 0 aliphatic rings. The van der Waals surface area contributed by atoms with Crippen molar-refractivity contribution in [3.63, 3.8) is 0 Å². The van der Waals surface area contributed by atoms with E-state index >= 15 is 0 Å². The van der Waals surface area contributed by atoms with Crippen LogP contribution in [0.2, 0.25) is 0 Å². The number of benzene rings is 7. The Morgan fingerprint density at radius 1 is 0.375 bits per heavy atom. The summed E-state index contributed by atoms with van der Waals surface area (Å²) in [4.78, 5) is 2.28. The van der Waals surface area contributed by atoms with Crippen molar-refractivity contribution < 1.29 is 0 Å². The highest BCUT2D eigenvalue weighted by Gasteiger charge is 2.12. The van der Waals surface area contributed by atoms with E-state index in [1.807, 2.05) is 12.1 Å². The molecule has 7 aromatic carbocycles. The average molecular weight is 513 g/mol. The summed E-state index contributed by atoms with van der Waals surface area (Å²) in [6.45, 7) is 0. The van der Waals surface area contributed by atoms with Crippen LogP contribution in [0, 0.1) is 0 Å². The fourth-order valence-corrected chi connectivity index (χ4v) is 5.61. The van der Waals surface area contributed by atoms with Crippen molar-refractivity contribution in [2.45, 2.75) is 0 Å². The summed E-state index contributed by atoms with van der Waals surface area (Å²) in [6.07, 6.45) is 0. The maximum Gasteiger partial charge on any atom is 0.0462 e. The topological polar surface area (TPSA) is 29.3 Å². The second-order valence-corrected chi connectivity index (χ2v) is 10.1. The molecule has 0 aliphatic carbocycles. The van der Waals surface area contributed by atoms with Crippen LogP contribution < -0.4 is 10.6 Å². The van der Waals surface area contributed by atoms with Crippen molar-refractivity contribution >= 4 is 44.3 Å². The van der Waals surface area contributed by atoms with Gasteiger partial charge in [-0.15, -0.1) is 0 Å². The molecule has 190 valence electrons. The number of hydrogen-bond donors (Lipinski definition) is 1. The van der Waals surface area contributed by atoms with Crippen molar-refractivity contribution in [3.8, 4) is 22.3 Å². The van der Waals surface area contributed by atoms with Crippen LogP contribution >= 0.6 is 0 Å². The smallest absolute Gasteiger partial charge is 0.0462 e. The summed E-state index contributed by atoms with van der Waals surface area (Å²) < 4.78 is 0. The van der Waals surface area contributed by atoms with Crippen LogP contribution in [0.4, 0.5) is 22.7 Å². The highest BCUT2D eigenvalue weighted by molar-refractivity contribution is 6.05. The van der Waals surface area contributed by atoms with E-state index in [1.165, 1.54) is 27.5 Å². The standard InChI is InChI=1S/C38H28N2/c39-37-16-8-10-29-9-7-15-36(38(29)37)31-20-18-28-17-19-30(25-32(28)26-31)27-21-23-35(24-22-27)40(33-11-3-1-4-12-33)34-13-5-2-6-14-34/h1-26H,39H2. The van der Waals surface area contributed by atoms with E-state index in [0.29, 0.717) is 0 Å². The lowest BCUT2D eigenvalue weighted by atomic mass is 9.94. The van der Waals surface area contributed by atoms with Crippen LogP contribution in [-0.4, -0.2) is 0 Å². The maximum atomic E-state index is 6.41. The van der Waals surface area contributed by atoms with Gasteiger partial charge < -0.3 is 10.6 Å². The number of rotatable bonds is 5. The maximum absolute atomic E-state index is 6.41. The molecule has 0 spiro atoms. The largest absolute Gasteiger partial charge is 0.398 e. The highest BCUT2D eigenvalue weighted by Crippen LogP contribution is 2.37. The number of nitrogen functional groups attached to an aromatic ring is 1. The Balaban J connectivity index is 1.27. The molecule has 0 atom stereocenters. The zero-order chi connectivity index (χ0) is 26.9.